The maximum Gasteiger partial charge on any atom is 0.243 e. The molecule has 2 aromatic rings. The van der Waals surface area contributed by atoms with Crippen LogP contribution in [0.15, 0.2) is 35.9 Å². The van der Waals surface area contributed by atoms with Crippen LogP contribution in [-0.4, -0.2) is 32.7 Å². The lowest BCUT2D eigenvalue weighted by atomic mass is 9.97. The van der Waals surface area contributed by atoms with Crippen molar-refractivity contribution in [2.45, 2.75) is 52.0 Å². The van der Waals surface area contributed by atoms with Crippen LogP contribution in [0.5, 0.6) is 0 Å². The first-order valence-corrected chi connectivity index (χ1v) is 9.06. The van der Waals surface area contributed by atoms with Crippen molar-refractivity contribution in [3.63, 3.8) is 0 Å². The van der Waals surface area contributed by atoms with Crippen LogP contribution < -0.4 is 5.32 Å². The monoisotopic (exact) mass is 339 g/mol. The van der Waals surface area contributed by atoms with E-state index in [9.17, 15) is 4.79 Å². The van der Waals surface area contributed by atoms with Crippen LogP contribution in [0.25, 0.3) is 11.4 Å². The number of carbonyl (C=O) groups excluding carboxylic acids is 1. The topological polar surface area (TPSA) is 72.7 Å². The van der Waals surface area contributed by atoms with Crippen LogP contribution in [0.3, 0.4) is 0 Å². The summed E-state index contributed by atoms with van der Waals surface area (Å²) in [5, 5.41) is 15.2. The van der Waals surface area contributed by atoms with Gasteiger partial charge in [-0.1, -0.05) is 42.8 Å². The van der Waals surface area contributed by atoms with E-state index in [1.54, 1.807) is 0 Å². The fourth-order valence-electron chi connectivity index (χ4n) is 2.99. The quantitative estimate of drug-likeness (QED) is 0.787. The second-order valence-corrected chi connectivity index (χ2v) is 6.40. The van der Waals surface area contributed by atoms with E-state index in [1.165, 1.54) is 41.6 Å². The molecule has 0 saturated heterocycles. The highest BCUT2D eigenvalue weighted by Gasteiger charge is 2.10. The number of rotatable bonds is 7. The second-order valence-electron chi connectivity index (χ2n) is 6.40. The van der Waals surface area contributed by atoms with Gasteiger partial charge in [0, 0.05) is 12.1 Å². The minimum atomic E-state index is -0.0818. The zero-order valence-corrected chi connectivity index (χ0v) is 14.7. The summed E-state index contributed by atoms with van der Waals surface area (Å²) < 4.78 is 0. The van der Waals surface area contributed by atoms with Crippen molar-refractivity contribution in [1.82, 2.24) is 25.5 Å². The minimum Gasteiger partial charge on any atom is -0.354 e. The summed E-state index contributed by atoms with van der Waals surface area (Å²) in [6.45, 7) is 2.89. The maximum atomic E-state index is 12.0. The summed E-state index contributed by atoms with van der Waals surface area (Å²) in [5.74, 6) is 0.463. The van der Waals surface area contributed by atoms with E-state index in [-0.39, 0.29) is 12.5 Å². The van der Waals surface area contributed by atoms with Gasteiger partial charge in [0.05, 0.1) is 0 Å². The molecule has 1 heterocycles. The number of nitrogens with one attached hydrogen (secondary N) is 1. The fraction of sp³-hybridized carbons (Fsp3) is 0.474. The van der Waals surface area contributed by atoms with Crippen molar-refractivity contribution in [3.8, 4) is 11.4 Å². The van der Waals surface area contributed by atoms with Crippen LogP contribution in [0.4, 0.5) is 0 Å². The molecule has 1 aromatic heterocycles. The molecule has 25 heavy (non-hydrogen) atoms. The van der Waals surface area contributed by atoms with E-state index in [0.29, 0.717) is 12.4 Å². The normalized spacial score (nSPS) is 14.2. The van der Waals surface area contributed by atoms with Gasteiger partial charge in [-0.25, -0.2) is 0 Å². The van der Waals surface area contributed by atoms with Gasteiger partial charge in [0.15, 0.2) is 0 Å². The van der Waals surface area contributed by atoms with Gasteiger partial charge in [0.1, 0.15) is 6.54 Å². The molecule has 0 aliphatic heterocycles. The summed E-state index contributed by atoms with van der Waals surface area (Å²) in [5.41, 5.74) is 3.64. The highest BCUT2D eigenvalue weighted by molar-refractivity contribution is 5.75. The Labute approximate surface area is 148 Å². The number of tetrazole rings is 1. The Kier molecular flexibility index (Phi) is 5.93. The molecule has 0 unspecified atom stereocenters. The predicted octanol–water partition coefficient (Wildman–Crippen LogP) is 2.91. The predicted molar refractivity (Wildman–Crippen MR) is 96.8 cm³/mol. The number of allylic oxidation sites excluding steroid dienone is 1. The number of aryl methyl sites for hydroxylation is 1. The Balaban J connectivity index is 1.48. The largest absolute Gasteiger partial charge is 0.354 e. The Morgan fingerprint density at radius 3 is 2.80 bits per heavy atom. The van der Waals surface area contributed by atoms with E-state index >= 15 is 0 Å². The van der Waals surface area contributed by atoms with Gasteiger partial charge in [-0.2, -0.15) is 4.80 Å². The molecule has 1 aliphatic rings. The first-order valence-electron chi connectivity index (χ1n) is 9.06. The average Bonchev–Trinajstić information content (AvgIpc) is 3.11. The number of aromatic nitrogens is 4. The van der Waals surface area contributed by atoms with Crippen molar-refractivity contribution >= 4 is 5.91 Å². The first-order chi connectivity index (χ1) is 12.2. The maximum absolute atomic E-state index is 12.0. The van der Waals surface area contributed by atoms with Gasteiger partial charge in [0.25, 0.3) is 0 Å². The van der Waals surface area contributed by atoms with Gasteiger partial charge in [-0.3, -0.25) is 4.79 Å². The third kappa shape index (κ3) is 4.98. The van der Waals surface area contributed by atoms with E-state index in [1.807, 2.05) is 12.1 Å². The number of hydrogen-bond donors (Lipinski definition) is 1. The molecule has 3 rings (SSSR count). The van der Waals surface area contributed by atoms with Gasteiger partial charge < -0.3 is 5.32 Å². The van der Waals surface area contributed by atoms with Crippen molar-refractivity contribution in [2.75, 3.05) is 6.54 Å². The molecule has 6 heteroatoms. The molecule has 0 fully saturated rings. The number of amides is 1. The van der Waals surface area contributed by atoms with Gasteiger partial charge >= 0.3 is 0 Å². The summed E-state index contributed by atoms with van der Waals surface area (Å²) in [7, 11) is 0. The fourth-order valence-corrected chi connectivity index (χ4v) is 2.99. The molecule has 6 nitrogen and oxygen atoms in total. The molecule has 1 amide bonds. The Morgan fingerprint density at radius 1 is 1.24 bits per heavy atom. The third-order valence-corrected chi connectivity index (χ3v) is 4.51. The van der Waals surface area contributed by atoms with Crippen LogP contribution in [0.1, 0.15) is 44.6 Å². The average molecular weight is 339 g/mol. The van der Waals surface area contributed by atoms with Gasteiger partial charge in [-0.15, -0.1) is 10.2 Å². The Hall–Kier alpha value is -2.50. The molecular weight excluding hydrogens is 314 g/mol. The molecular formula is C19H25N5O. The molecule has 0 bridgehead atoms. The number of nitrogens with zero attached hydrogens (tertiary/aromatic N) is 4. The second kappa shape index (κ2) is 8.55. The van der Waals surface area contributed by atoms with E-state index in [2.05, 4.69) is 45.9 Å². The summed E-state index contributed by atoms with van der Waals surface area (Å²) in [6.07, 6.45) is 9.14. The molecule has 0 atom stereocenters. The highest BCUT2D eigenvalue weighted by Crippen LogP contribution is 2.19. The minimum absolute atomic E-state index is 0.0818. The number of benzene rings is 1. The summed E-state index contributed by atoms with van der Waals surface area (Å²) in [4.78, 5) is 13.4. The van der Waals surface area contributed by atoms with Crippen LogP contribution >= 0.6 is 0 Å². The lowest BCUT2D eigenvalue weighted by Gasteiger charge is -2.12. The van der Waals surface area contributed by atoms with Crippen molar-refractivity contribution in [2.24, 2.45) is 0 Å². The smallest absolute Gasteiger partial charge is 0.243 e. The SMILES string of the molecule is CCc1ccc(-c2nnn(CC(=O)NCCC3=CCCCC3)n2)cc1. The molecule has 0 radical (unpaired) electrons. The lowest BCUT2D eigenvalue weighted by molar-refractivity contribution is -0.122. The molecule has 1 aromatic carbocycles. The van der Waals surface area contributed by atoms with Gasteiger partial charge in [0.2, 0.25) is 11.7 Å². The zero-order valence-electron chi connectivity index (χ0n) is 14.7. The van der Waals surface area contributed by atoms with E-state index < -0.39 is 0 Å². The van der Waals surface area contributed by atoms with Gasteiger partial charge in [-0.05, 0) is 49.3 Å². The van der Waals surface area contributed by atoms with Crippen molar-refractivity contribution in [3.05, 3.63) is 41.5 Å². The third-order valence-electron chi connectivity index (χ3n) is 4.51. The summed E-state index contributed by atoms with van der Waals surface area (Å²) in [6, 6.07) is 8.09. The van der Waals surface area contributed by atoms with Crippen LogP contribution in [0, 0.1) is 0 Å². The van der Waals surface area contributed by atoms with E-state index in [0.717, 1.165) is 18.4 Å². The summed E-state index contributed by atoms with van der Waals surface area (Å²) >= 11 is 0. The Morgan fingerprint density at radius 2 is 2.08 bits per heavy atom. The zero-order chi connectivity index (χ0) is 17.5. The standard InChI is InChI=1S/C19H25N5O/c1-2-15-8-10-17(11-9-15)19-21-23-24(22-19)14-18(25)20-13-12-16-6-4-3-5-7-16/h6,8-11H,2-5,7,12-14H2,1H3,(H,20,25). The molecule has 1 aliphatic carbocycles. The first kappa shape index (κ1) is 17.3. The van der Waals surface area contributed by atoms with E-state index in [4.69, 9.17) is 0 Å². The Bertz CT molecular complexity index is 733. The molecule has 1 N–H and O–H groups in total. The van der Waals surface area contributed by atoms with Crippen LogP contribution in [0.2, 0.25) is 0 Å². The number of hydrogen-bond acceptors (Lipinski definition) is 4. The van der Waals surface area contributed by atoms with Crippen LogP contribution in [-0.2, 0) is 17.8 Å². The molecule has 0 saturated carbocycles. The van der Waals surface area contributed by atoms with Crippen molar-refractivity contribution < 1.29 is 4.79 Å². The lowest BCUT2D eigenvalue weighted by Crippen LogP contribution is -2.29. The number of carbonyl (C=O) groups is 1. The molecule has 132 valence electrons. The molecule has 0 spiro atoms. The van der Waals surface area contributed by atoms with Crippen molar-refractivity contribution in [1.29, 1.82) is 0 Å². The highest BCUT2D eigenvalue weighted by atomic mass is 16.2.